The Bertz CT molecular complexity index is 515. The number of aryl methyl sites for hydroxylation is 1. The summed E-state index contributed by atoms with van der Waals surface area (Å²) in [6.07, 6.45) is 13.2. The van der Waals surface area contributed by atoms with Gasteiger partial charge in [0.2, 0.25) is 0 Å². The average Bonchev–Trinajstić information content (AvgIpc) is 2.48. The Morgan fingerprint density at radius 3 is 1.83 bits per heavy atom. The molecule has 0 aliphatic heterocycles. The summed E-state index contributed by atoms with van der Waals surface area (Å²) in [7, 11) is -4.35. The van der Waals surface area contributed by atoms with Gasteiger partial charge in [-0.15, -0.1) is 0 Å². The summed E-state index contributed by atoms with van der Waals surface area (Å²) in [5.74, 6) is 0. The van der Waals surface area contributed by atoms with E-state index in [-0.39, 0.29) is 24.4 Å². The zero-order chi connectivity index (χ0) is 16.3. The fraction of sp³-hybridized carbons (Fsp3) is 0.667. The summed E-state index contributed by atoms with van der Waals surface area (Å²) in [4.78, 5) is -0.0501. The van der Waals surface area contributed by atoms with E-state index in [2.05, 4.69) is 6.92 Å². The van der Waals surface area contributed by atoms with Crippen LogP contribution in [0.3, 0.4) is 0 Å². The second kappa shape index (κ2) is 13.1. The minimum Gasteiger partial charge on any atom is -0.744 e. The molecule has 1 aromatic rings. The molecule has 3 nitrogen and oxygen atoms in total. The number of hydrogen-bond donors (Lipinski definition) is 0. The van der Waals surface area contributed by atoms with E-state index in [1.165, 1.54) is 57.4 Å². The predicted molar refractivity (Wildman–Crippen MR) is 90.0 cm³/mol. The molecule has 1 rings (SSSR count). The van der Waals surface area contributed by atoms with E-state index < -0.39 is 10.1 Å². The maximum atomic E-state index is 11.2. The number of rotatable bonds is 12. The van der Waals surface area contributed by atoms with Crippen molar-refractivity contribution in [1.82, 2.24) is 0 Å². The van der Waals surface area contributed by atoms with Crippen molar-refractivity contribution in [3.05, 3.63) is 29.8 Å². The first-order chi connectivity index (χ1) is 10.6. The van der Waals surface area contributed by atoms with Gasteiger partial charge in [0.05, 0.1) is 4.90 Å². The van der Waals surface area contributed by atoms with Crippen LogP contribution in [0.1, 0.15) is 76.7 Å². The molecule has 0 unspecified atom stereocenters. The zero-order valence-electron chi connectivity index (χ0n) is 14.4. The quantitative estimate of drug-likeness (QED) is 0.285. The van der Waals surface area contributed by atoms with E-state index in [1.807, 2.05) is 0 Å². The van der Waals surface area contributed by atoms with Crippen LogP contribution in [0.25, 0.3) is 0 Å². The molecule has 0 aliphatic rings. The fourth-order valence-corrected chi connectivity index (χ4v) is 3.49. The monoisotopic (exact) mass is 389 g/mol. The van der Waals surface area contributed by atoms with Crippen molar-refractivity contribution in [2.24, 2.45) is 0 Å². The summed E-state index contributed by atoms with van der Waals surface area (Å²) >= 11 is 0. The second-order valence-electron chi connectivity index (χ2n) is 5.99. The molecule has 0 bridgehead atoms. The molecule has 0 saturated carbocycles. The van der Waals surface area contributed by atoms with Crippen LogP contribution < -0.4 is 0 Å². The topological polar surface area (TPSA) is 57.2 Å². The molecule has 5 heteroatoms. The molecule has 0 aliphatic carbocycles. The van der Waals surface area contributed by atoms with Crippen molar-refractivity contribution in [3.63, 3.8) is 0 Å². The molecule has 0 radical (unpaired) electrons. The van der Waals surface area contributed by atoms with E-state index in [0.717, 1.165) is 12.8 Å². The molecule has 1 aromatic carbocycles. The zero-order valence-corrected chi connectivity index (χ0v) is 18.2. The van der Waals surface area contributed by atoms with Crippen LogP contribution in [0.15, 0.2) is 29.2 Å². The van der Waals surface area contributed by atoms with Gasteiger partial charge in [0.15, 0.2) is 0 Å². The first-order valence-electron chi connectivity index (χ1n) is 8.59. The van der Waals surface area contributed by atoms with Gasteiger partial charge >= 0.3 is 19.5 Å². The Balaban J connectivity index is 0.00000484. The van der Waals surface area contributed by atoms with Gasteiger partial charge in [0, 0.05) is 0 Å². The van der Waals surface area contributed by atoms with Gasteiger partial charge in [0.25, 0.3) is 0 Å². The van der Waals surface area contributed by atoms with Crippen LogP contribution in [0.4, 0.5) is 0 Å². The van der Waals surface area contributed by atoms with Crippen molar-refractivity contribution in [3.8, 4) is 0 Å². The summed E-state index contributed by atoms with van der Waals surface area (Å²) in [5.41, 5.74) is 0.664. The van der Waals surface area contributed by atoms with Gasteiger partial charge < -0.3 is 4.55 Å². The number of benzene rings is 1. The van der Waals surface area contributed by atoms with E-state index in [9.17, 15) is 13.0 Å². The molecule has 23 heavy (non-hydrogen) atoms. The van der Waals surface area contributed by atoms with E-state index in [4.69, 9.17) is 0 Å². The molecular formula is C18H29O3SZn+. The average molecular weight is 391 g/mol. The van der Waals surface area contributed by atoms with E-state index in [0.29, 0.717) is 12.0 Å². The molecule has 0 fully saturated rings. The first-order valence-corrected chi connectivity index (χ1v) is 10.0. The standard InChI is InChI=1S/C18H30O3S.Zn/c1-2-3-4-5-6-7-8-9-10-11-14-17-15-12-13-16-18(17)22(19,20)21;/h12-13,15-16H,2-11,14H2,1H3,(H,19,20,21);/q;+2/p-1. The molecule has 0 heterocycles. The minimum absolute atomic E-state index is 0. The summed E-state index contributed by atoms with van der Waals surface area (Å²) in [5, 5.41) is 0. The van der Waals surface area contributed by atoms with Crippen LogP contribution in [-0.2, 0) is 36.0 Å². The van der Waals surface area contributed by atoms with Crippen molar-refractivity contribution in [1.29, 1.82) is 0 Å². The molecule has 126 valence electrons. The fourth-order valence-electron chi connectivity index (χ4n) is 2.76. The van der Waals surface area contributed by atoms with Crippen molar-refractivity contribution >= 4 is 10.1 Å². The summed E-state index contributed by atoms with van der Waals surface area (Å²) in [6, 6.07) is 6.56. The van der Waals surface area contributed by atoms with Gasteiger partial charge in [-0.05, 0) is 24.5 Å². The Morgan fingerprint density at radius 2 is 1.30 bits per heavy atom. The van der Waals surface area contributed by atoms with Gasteiger partial charge in [-0.1, -0.05) is 82.9 Å². The summed E-state index contributed by atoms with van der Waals surface area (Å²) in [6.45, 7) is 2.23. The SMILES string of the molecule is CCCCCCCCCCCCc1ccccc1S(=O)(=O)[O-].[Zn+2]. The molecular weight excluding hydrogens is 362 g/mol. The number of hydrogen-bond acceptors (Lipinski definition) is 3. The molecule has 0 atom stereocenters. The largest absolute Gasteiger partial charge is 2.00 e. The van der Waals surface area contributed by atoms with Gasteiger partial charge in [-0.25, -0.2) is 8.42 Å². The van der Waals surface area contributed by atoms with Crippen LogP contribution in [0.2, 0.25) is 0 Å². The maximum Gasteiger partial charge on any atom is 2.00 e. The van der Waals surface area contributed by atoms with Crippen molar-refractivity contribution in [2.75, 3.05) is 0 Å². The van der Waals surface area contributed by atoms with E-state index in [1.54, 1.807) is 18.2 Å². The molecule has 0 N–H and O–H groups in total. The third-order valence-corrected chi connectivity index (χ3v) is 4.98. The Labute approximate surface area is 154 Å². The second-order valence-corrected chi connectivity index (χ2v) is 7.34. The molecule has 0 spiro atoms. The van der Waals surface area contributed by atoms with Gasteiger partial charge in [-0.2, -0.15) is 0 Å². The molecule has 0 amide bonds. The molecule has 0 saturated heterocycles. The third kappa shape index (κ3) is 10.3. The van der Waals surface area contributed by atoms with Gasteiger partial charge in [0.1, 0.15) is 10.1 Å². The van der Waals surface area contributed by atoms with Crippen LogP contribution in [0.5, 0.6) is 0 Å². The predicted octanol–water partition coefficient (Wildman–Crippen LogP) is 5.05. The van der Waals surface area contributed by atoms with Crippen LogP contribution in [0, 0.1) is 0 Å². The Kier molecular flexibility index (Phi) is 12.9. The normalized spacial score (nSPS) is 11.2. The smallest absolute Gasteiger partial charge is 0.744 e. The molecule has 0 aromatic heterocycles. The first kappa shape index (κ1) is 22.8. The maximum absolute atomic E-state index is 11.2. The number of unbranched alkanes of at least 4 members (excludes halogenated alkanes) is 9. The van der Waals surface area contributed by atoms with Crippen LogP contribution in [-0.4, -0.2) is 13.0 Å². The van der Waals surface area contributed by atoms with Crippen molar-refractivity contribution in [2.45, 2.75) is 82.4 Å². The van der Waals surface area contributed by atoms with Gasteiger partial charge in [-0.3, -0.25) is 0 Å². The minimum atomic E-state index is -4.35. The van der Waals surface area contributed by atoms with Crippen molar-refractivity contribution < 1.29 is 32.4 Å². The Morgan fingerprint density at radius 1 is 0.826 bits per heavy atom. The van der Waals surface area contributed by atoms with Crippen LogP contribution >= 0.6 is 0 Å². The van der Waals surface area contributed by atoms with E-state index >= 15 is 0 Å². The Hall–Kier alpha value is -0.247. The summed E-state index contributed by atoms with van der Waals surface area (Å²) < 4.78 is 33.5. The third-order valence-electron chi connectivity index (χ3n) is 4.04.